The highest BCUT2D eigenvalue weighted by Crippen LogP contribution is 2.33. The monoisotopic (exact) mass is 334 g/mol. The van der Waals surface area contributed by atoms with Crippen molar-refractivity contribution in [3.63, 3.8) is 0 Å². The molecule has 2 aromatic rings. The Morgan fingerprint density at radius 3 is 2.52 bits per heavy atom. The zero-order valence-corrected chi connectivity index (χ0v) is 15.3. The molecule has 4 nitrogen and oxygen atoms in total. The topological polar surface area (TPSA) is 45.3 Å². The van der Waals surface area contributed by atoms with Gasteiger partial charge in [0.15, 0.2) is 0 Å². The van der Waals surface area contributed by atoms with Crippen molar-refractivity contribution >= 4 is 11.3 Å². The van der Waals surface area contributed by atoms with Crippen molar-refractivity contribution in [2.24, 2.45) is 0 Å². The number of nitrogens with zero attached hydrogens (tertiary/aromatic N) is 1. The van der Waals surface area contributed by atoms with Crippen LogP contribution in [0.3, 0.4) is 0 Å². The Morgan fingerprint density at radius 1 is 1.22 bits per heavy atom. The first-order valence-electron chi connectivity index (χ1n) is 8.18. The fraction of sp³-hybridized carbons (Fsp3) is 0.500. The zero-order chi connectivity index (χ0) is 16.8. The average Bonchev–Trinajstić information content (AvgIpc) is 2.88. The maximum Gasteiger partial charge on any atom is 0.305 e. The third-order valence-corrected chi connectivity index (χ3v) is 4.66. The Balaban J connectivity index is 2.41. The van der Waals surface area contributed by atoms with E-state index in [1.165, 1.54) is 11.3 Å². The minimum Gasteiger partial charge on any atom is -0.496 e. The number of benzene rings is 1. The number of hydrogen-bond acceptors (Lipinski definition) is 4. The van der Waals surface area contributed by atoms with Gasteiger partial charge in [0.1, 0.15) is 5.75 Å². The Hall–Kier alpha value is -1.59. The van der Waals surface area contributed by atoms with Gasteiger partial charge in [0.2, 0.25) is 0 Å². The molecule has 1 N–H and O–H groups in total. The third-order valence-electron chi connectivity index (χ3n) is 3.79. The van der Waals surface area contributed by atoms with Crippen LogP contribution in [0.15, 0.2) is 23.0 Å². The van der Waals surface area contributed by atoms with E-state index in [-0.39, 0.29) is 4.87 Å². The molecular weight excluding hydrogens is 308 g/mol. The van der Waals surface area contributed by atoms with Gasteiger partial charge in [-0.05, 0) is 45.0 Å². The predicted octanol–water partition coefficient (Wildman–Crippen LogP) is 4.04. The van der Waals surface area contributed by atoms with Gasteiger partial charge < -0.3 is 9.72 Å². The van der Waals surface area contributed by atoms with Crippen LogP contribution in [0.4, 0.5) is 0 Å². The molecule has 0 saturated heterocycles. The molecule has 0 aliphatic heterocycles. The van der Waals surface area contributed by atoms with Crippen molar-refractivity contribution in [1.29, 1.82) is 0 Å². The Bertz CT molecular complexity index is 685. The van der Waals surface area contributed by atoms with E-state index in [2.05, 4.69) is 29.8 Å². The van der Waals surface area contributed by atoms with E-state index in [1.807, 2.05) is 19.1 Å². The zero-order valence-electron chi connectivity index (χ0n) is 14.4. The number of hydrogen-bond donors (Lipinski definition) is 1. The normalized spacial score (nSPS) is 11.2. The molecule has 5 heteroatoms. The molecule has 0 radical (unpaired) electrons. The van der Waals surface area contributed by atoms with Crippen LogP contribution < -0.4 is 9.61 Å². The first-order chi connectivity index (χ1) is 11.1. The summed E-state index contributed by atoms with van der Waals surface area (Å²) in [5.41, 5.74) is 3.02. The SMILES string of the molecule is CCCN(CCC)Cc1sc(=O)[nH]c1-c1cc(C)ccc1OC. The van der Waals surface area contributed by atoms with Crippen molar-refractivity contribution in [2.45, 2.75) is 40.2 Å². The first-order valence-corrected chi connectivity index (χ1v) is 9.00. The molecule has 2 rings (SSSR count). The van der Waals surface area contributed by atoms with Crippen LogP contribution in [0.1, 0.15) is 37.1 Å². The Labute approximate surface area is 142 Å². The van der Waals surface area contributed by atoms with Crippen molar-refractivity contribution in [3.05, 3.63) is 38.3 Å². The van der Waals surface area contributed by atoms with Crippen molar-refractivity contribution < 1.29 is 4.74 Å². The fourth-order valence-electron chi connectivity index (χ4n) is 2.81. The molecule has 23 heavy (non-hydrogen) atoms. The van der Waals surface area contributed by atoms with E-state index in [9.17, 15) is 4.79 Å². The Kier molecular flexibility index (Phi) is 6.42. The summed E-state index contributed by atoms with van der Waals surface area (Å²) in [5.74, 6) is 0.795. The lowest BCUT2D eigenvalue weighted by Gasteiger charge is -2.21. The average molecular weight is 334 g/mol. The maximum absolute atomic E-state index is 12.0. The Morgan fingerprint density at radius 2 is 1.91 bits per heavy atom. The van der Waals surface area contributed by atoms with Crippen LogP contribution in [0.25, 0.3) is 11.3 Å². The molecule has 0 bridgehead atoms. The smallest absolute Gasteiger partial charge is 0.305 e. The maximum atomic E-state index is 12.0. The highest BCUT2D eigenvalue weighted by atomic mass is 32.1. The predicted molar refractivity (Wildman–Crippen MR) is 97.5 cm³/mol. The number of aromatic amines is 1. The second kappa shape index (κ2) is 8.31. The molecule has 0 fully saturated rings. The van der Waals surface area contributed by atoms with Gasteiger partial charge in [0.05, 0.1) is 12.8 Å². The largest absolute Gasteiger partial charge is 0.496 e. The number of thiazole rings is 1. The second-order valence-electron chi connectivity index (χ2n) is 5.79. The molecule has 126 valence electrons. The summed E-state index contributed by atoms with van der Waals surface area (Å²) in [6.07, 6.45) is 2.23. The van der Waals surface area contributed by atoms with Crippen LogP contribution in [-0.4, -0.2) is 30.1 Å². The fourth-order valence-corrected chi connectivity index (χ4v) is 3.70. The summed E-state index contributed by atoms with van der Waals surface area (Å²) in [5, 5.41) is 0. The van der Waals surface area contributed by atoms with Crippen molar-refractivity contribution in [2.75, 3.05) is 20.2 Å². The molecule has 0 spiro atoms. The first kappa shape index (κ1) is 17.8. The molecule has 0 aliphatic carbocycles. The van der Waals surface area contributed by atoms with Crippen LogP contribution in [0, 0.1) is 6.92 Å². The van der Waals surface area contributed by atoms with E-state index in [4.69, 9.17) is 4.74 Å². The van der Waals surface area contributed by atoms with Gasteiger partial charge in [-0.25, -0.2) is 0 Å². The molecular formula is C18H26N2O2S. The molecule has 1 aromatic heterocycles. The summed E-state index contributed by atoms with van der Waals surface area (Å²) < 4.78 is 5.49. The summed E-state index contributed by atoms with van der Waals surface area (Å²) in [4.78, 5) is 18.5. The molecule has 1 aromatic carbocycles. The van der Waals surface area contributed by atoms with Gasteiger partial charge in [0.25, 0.3) is 0 Å². The lowest BCUT2D eigenvalue weighted by atomic mass is 10.1. The van der Waals surface area contributed by atoms with Gasteiger partial charge in [-0.1, -0.05) is 36.8 Å². The second-order valence-corrected chi connectivity index (χ2v) is 6.86. The van der Waals surface area contributed by atoms with Crippen LogP contribution in [-0.2, 0) is 6.54 Å². The number of aryl methyl sites for hydroxylation is 1. The van der Waals surface area contributed by atoms with E-state index in [0.717, 1.165) is 59.9 Å². The lowest BCUT2D eigenvalue weighted by molar-refractivity contribution is 0.269. The molecule has 0 aliphatic rings. The lowest BCUT2D eigenvalue weighted by Crippen LogP contribution is -2.24. The quantitative estimate of drug-likeness (QED) is 0.792. The van der Waals surface area contributed by atoms with Gasteiger partial charge >= 0.3 is 4.87 Å². The summed E-state index contributed by atoms with van der Waals surface area (Å²) in [6, 6.07) is 6.05. The minimum absolute atomic E-state index is 0.00786. The van der Waals surface area contributed by atoms with Crippen molar-refractivity contribution in [3.8, 4) is 17.0 Å². The molecule has 1 heterocycles. The minimum atomic E-state index is -0.00786. The number of aromatic nitrogens is 1. The van der Waals surface area contributed by atoms with Gasteiger partial charge in [0, 0.05) is 17.0 Å². The molecule has 0 amide bonds. The van der Waals surface area contributed by atoms with Crippen molar-refractivity contribution in [1.82, 2.24) is 9.88 Å². The van der Waals surface area contributed by atoms with Gasteiger partial charge in [-0.3, -0.25) is 9.69 Å². The third kappa shape index (κ3) is 4.45. The van der Waals surface area contributed by atoms with E-state index < -0.39 is 0 Å². The number of rotatable bonds is 8. The molecule has 0 saturated carbocycles. The van der Waals surface area contributed by atoms with Crippen LogP contribution in [0.5, 0.6) is 5.75 Å². The highest BCUT2D eigenvalue weighted by molar-refractivity contribution is 7.09. The van der Waals surface area contributed by atoms with E-state index >= 15 is 0 Å². The van der Waals surface area contributed by atoms with Gasteiger partial charge in [-0.15, -0.1) is 0 Å². The van der Waals surface area contributed by atoms with E-state index in [1.54, 1.807) is 7.11 Å². The number of methoxy groups -OCH3 is 1. The molecule has 0 unspecified atom stereocenters. The summed E-state index contributed by atoms with van der Waals surface area (Å²) in [7, 11) is 1.67. The standard InChI is InChI=1S/C18H26N2O2S/c1-5-9-20(10-6-2)12-16-17(19-18(21)23-16)14-11-13(3)7-8-15(14)22-4/h7-8,11H,5-6,9-10,12H2,1-4H3,(H,19,21). The number of ether oxygens (including phenoxy) is 1. The van der Waals surface area contributed by atoms with Crippen LogP contribution in [0.2, 0.25) is 0 Å². The van der Waals surface area contributed by atoms with Crippen LogP contribution >= 0.6 is 11.3 Å². The summed E-state index contributed by atoms with van der Waals surface area (Å²) >= 11 is 1.31. The summed E-state index contributed by atoms with van der Waals surface area (Å²) in [6.45, 7) is 9.32. The van der Waals surface area contributed by atoms with Gasteiger partial charge in [-0.2, -0.15) is 0 Å². The van der Waals surface area contributed by atoms with E-state index in [0.29, 0.717) is 0 Å². The number of nitrogens with one attached hydrogen (secondary N) is 1. The highest BCUT2D eigenvalue weighted by Gasteiger charge is 2.17. The molecule has 0 atom stereocenters. The number of H-pyrrole nitrogens is 1.